The third kappa shape index (κ3) is 3.53. The predicted octanol–water partition coefficient (Wildman–Crippen LogP) is 0.712. The highest BCUT2D eigenvalue weighted by molar-refractivity contribution is 6.30. The highest BCUT2D eigenvalue weighted by atomic mass is 35.5. The zero-order valence-electron chi connectivity index (χ0n) is 8.85. The molecule has 0 atom stereocenters. The summed E-state index contributed by atoms with van der Waals surface area (Å²) in [5.74, 6) is 0.335. The maximum atomic E-state index is 11.6. The Bertz CT molecular complexity index is 499. The number of aromatic nitrogens is 4. The molecular formula is C10H10ClN5O. The molecule has 0 unspecified atom stereocenters. The highest BCUT2D eigenvalue weighted by Crippen LogP contribution is 2.10. The fourth-order valence-electron chi connectivity index (χ4n) is 1.33. The van der Waals surface area contributed by atoms with Crippen LogP contribution in [0.25, 0.3) is 0 Å². The van der Waals surface area contributed by atoms with Gasteiger partial charge in [0.05, 0.1) is 13.0 Å². The number of aromatic amines is 1. The van der Waals surface area contributed by atoms with Crippen LogP contribution in [0.5, 0.6) is 0 Å². The van der Waals surface area contributed by atoms with E-state index in [1.807, 2.05) is 12.1 Å². The van der Waals surface area contributed by atoms with E-state index in [0.717, 1.165) is 5.56 Å². The van der Waals surface area contributed by atoms with Crippen LogP contribution in [0.15, 0.2) is 24.3 Å². The minimum absolute atomic E-state index is 0.114. The number of nitrogens with zero attached hydrogens (tertiary/aromatic N) is 3. The SMILES string of the molecule is O=C(Cc1cccc(Cl)c1)NCc1nn[nH]n1. The zero-order valence-corrected chi connectivity index (χ0v) is 9.61. The molecule has 2 rings (SSSR count). The number of carbonyl (C=O) groups is 1. The summed E-state index contributed by atoms with van der Waals surface area (Å²) in [6, 6.07) is 7.18. The molecular weight excluding hydrogens is 242 g/mol. The second kappa shape index (κ2) is 5.40. The molecule has 17 heavy (non-hydrogen) atoms. The van der Waals surface area contributed by atoms with E-state index in [-0.39, 0.29) is 18.9 Å². The summed E-state index contributed by atoms with van der Waals surface area (Å²) >= 11 is 5.82. The standard InChI is InChI=1S/C10H10ClN5O/c11-8-3-1-2-7(4-8)5-10(17)12-6-9-13-15-16-14-9/h1-4H,5-6H2,(H,12,17)(H,13,14,15,16). The van der Waals surface area contributed by atoms with Crippen LogP contribution in [0.4, 0.5) is 0 Å². The van der Waals surface area contributed by atoms with E-state index >= 15 is 0 Å². The van der Waals surface area contributed by atoms with Crippen LogP contribution in [0, 0.1) is 0 Å². The second-order valence-electron chi connectivity index (χ2n) is 3.41. The molecule has 0 aliphatic heterocycles. The summed E-state index contributed by atoms with van der Waals surface area (Å²) in [5.41, 5.74) is 0.864. The lowest BCUT2D eigenvalue weighted by atomic mass is 10.1. The van der Waals surface area contributed by atoms with Crippen LogP contribution in [0.3, 0.4) is 0 Å². The molecule has 7 heteroatoms. The third-order valence-corrected chi connectivity index (χ3v) is 2.32. The first-order chi connectivity index (χ1) is 8.24. The van der Waals surface area contributed by atoms with Gasteiger partial charge in [0.25, 0.3) is 0 Å². The molecule has 0 saturated heterocycles. The van der Waals surface area contributed by atoms with Gasteiger partial charge >= 0.3 is 0 Å². The lowest BCUT2D eigenvalue weighted by molar-refractivity contribution is -0.120. The zero-order chi connectivity index (χ0) is 12.1. The van der Waals surface area contributed by atoms with Crippen molar-refractivity contribution < 1.29 is 4.79 Å². The van der Waals surface area contributed by atoms with Gasteiger partial charge in [0.15, 0.2) is 5.82 Å². The molecule has 0 radical (unpaired) electrons. The number of nitrogens with one attached hydrogen (secondary N) is 2. The van der Waals surface area contributed by atoms with Crippen molar-refractivity contribution in [3.63, 3.8) is 0 Å². The summed E-state index contributed by atoms with van der Waals surface area (Å²) in [7, 11) is 0. The molecule has 1 heterocycles. The van der Waals surface area contributed by atoms with Crippen molar-refractivity contribution in [2.24, 2.45) is 0 Å². The van der Waals surface area contributed by atoms with Crippen LogP contribution in [0.2, 0.25) is 5.02 Å². The van der Waals surface area contributed by atoms with Gasteiger partial charge in [-0.3, -0.25) is 4.79 Å². The normalized spacial score (nSPS) is 10.2. The molecule has 2 N–H and O–H groups in total. The summed E-state index contributed by atoms with van der Waals surface area (Å²) in [6.07, 6.45) is 0.276. The maximum Gasteiger partial charge on any atom is 0.224 e. The van der Waals surface area contributed by atoms with Gasteiger partial charge in [-0.2, -0.15) is 5.21 Å². The molecule has 1 amide bonds. The van der Waals surface area contributed by atoms with Gasteiger partial charge in [0.2, 0.25) is 5.91 Å². The number of benzene rings is 1. The Labute approximate surface area is 102 Å². The maximum absolute atomic E-state index is 11.6. The van der Waals surface area contributed by atoms with Gasteiger partial charge in [0, 0.05) is 5.02 Å². The Balaban J connectivity index is 1.85. The van der Waals surface area contributed by atoms with E-state index < -0.39 is 0 Å². The van der Waals surface area contributed by atoms with Gasteiger partial charge in [0.1, 0.15) is 0 Å². The number of amides is 1. The van der Waals surface area contributed by atoms with E-state index in [0.29, 0.717) is 10.8 Å². The van der Waals surface area contributed by atoms with Crippen molar-refractivity contribution >= 4 is 17.5 Å². The van der Waals surface area contributed by atoms with E-state index in [2.05, 4.69) is 25.9 Å². The van der Waals surface area contributed by atoms with Crippen LogP contribution < -0.4 is 5.32 Å². The third-order valence-electron chi connectivity index (χ3n) is 2.09. The van der Waals surface area contributed by atoms with Gasteiger partial charge in [-0.25, -0.2) is 0 Å². The summed E-state index contributed by atoms with van der Waals surface area (Å²) < 4.78 is 0. The van der Waals surface area contributed by atoms with Gasteiger partial charge in [-0.05, 0) is 17.7 Å². The number of rotatable bonds is 4. The summed E-state index contributed by atoms with van der Waals surface area (Å²) in [4.78, 5) is 11.6. The smallest absolute Gasteiger partial charge is 0.224 e. The fourth-order valence-corrected chi connectivity index (χ4v) is 1.54. The lowest BCUT2D eigenvalue weighted by Gasteiger charge is -2.03. The van der Waals surface area contributed by atoms with Crippen molar-refractivity contribution in [2.75, 3.05) is 0 Å². The first-order valence-electron chi connectivity index (χ1n) is 4.97. The Morgan fingerprint density at radius 2 is 2.35 bits per heavy atom. The average molecular weight is 252 g/mol. The monoisotopic (exact) mass is 251 g/mol. The van der Waals surface area contributed by atoms with Gasteiger partial charge in [-0.15, -0.1) is 10.2 Å². The first-order valence-corrected chi connectivity index (χ1v) is 5.35. The molecule has 6 nitrogen and oxygen atoms in total. The van der Waals surface area contributed by atoms with Gasteiger partial charge < -0.3 is 5.32 Å². The number of halogens is 1. The summed E-state index contributed by atoms with van der Waals surface area (Å²) in [6.45, 7) is 0.260. The number of H-pyrrole nitrogens is 1. The molecule has 1 aromatic heterocycles. The van der Waals surface area contributed by atoms with Crippen LogP contribution >= 0.6 is 11.6 Å². The van der Waals surface area contributed by atoms with Gasteiger partial charge in [-0.1, -0.05) is 28.9 Å². The Morgan fingerprint density at radius 1 is 1.47 bits per heavy atom. The molecule has 88 valence electrons. The lowest BCUT2D eigenvalue weighted by Crippen LogP contribution is -2.25. The average Bonchev–Trinajstić information content (AvgIpc) is 2.79. The van der Waals surface area contributed by atoms with Crippen LogP contribution in [-0.4, -0.2) is 26.5 Å². The first kappa shape index (κ1) is 11.5. The van der Waals surface area contributed by atoms with Crippen molar-refractivity contribution in [3.8, 4) is 0 Å². The van der Waals surface area contributed by atoms with Crippen LogP contribution in [-0.2, 0) is 17.8 Å². The van der Waals surface area contributed by atoms with E-state index in [1.54, 1.807) is 12.1 Å². The molecule has 0 bridgehead atoms. The van der Waals surface area contributed by atoms with Crippen LogP contribution in [0.1, 0.15) is 11.4 Å². The topological polar surface area (TPSA) is 83.6 Å². The molecule has 0 fully saturated rings. The Kier molecular flexibility index (Phi) is 3.66. The minimum atomic E-state index is -0.114. The van der Waals surface area contributed by atoms with Crippen molar-refractivity contribution in [1.29, 1.82) is 0 Å². The predicted molar refractivity (Wildman–Crippen MR) is 61.2 cm³/mol. The number of hydrogen-bond acceptors (Lipinski definition) is 4. The fraction of sp³-hybridized carbons (Fsp3) is 0.200. The molecule has 0 spiro atoms. The second-order valence-corrected chi connectivity index (χ2v) is 3.85. The quantitative estimate of drug-likeness (QED) is 0.838. The van der Waals surface area contributed by atoms with Crippen molar-refractivity contribution in [1.82, 2.24) is 25.9 Å². The van der Waals surface area contributed by atoms with Crippen molar-refractivity contribution in [2.45, 2.75) is 13.0 Å². The summed E-state index contributed by atoms with van der Waals surface area (Å²) in [5, 5.41) is 16.5. The molecule has 1 aromatic carbocycles. The Morgan fingerprint density at radius 3 is 3.06 bits per heavy atom. The number of tetrazole rings is 1. The largest absolute Gasteiger partial charge is 0.348 e. The van der Waals surface area contributed by atoms with E-state index in [9.17, 15) is 4.79 Å². The highest BCUT2D eigenvalue weighted by Gasteiger charge is 2.05. The van der Waals surface area contributed by atoms with E-state index in [4.69, 9.17) is 11.6 Å². The van der Waals surface area contributed by atoms with Crippen molar-refractivity contribution in [3.05, 3.63) is 40.7 Å². The molecule has 2 aromatic rings. The number of carbonyl (C=O) groups excluding carboxylic acids is 1. The molecule has 0 aliphatic carbocycles. The number of hydrogen-bond donors (Lipinski definition) is 2. The Hall–Kier alpha value is -1.95. The minimum Gasteiger partial charge on any atom is -0.348 e. The molecule has 0 saturated carbocycles. The van der Waals surface area contributed by atoms with E-state index in [1.165, 1.54) is 0 Å². The molecule has 0 aliphatic rings.